The van der Waals surface area contributed by atoms with Crippen LogP contribution >= 0.6 is 0 Å². The molecule has 2 N–H and O–H groups in total. The van der Waals surface area contributed by atoms with E-state index in [4.69, 9.17) is 29.5 Å². The number of piperazine rings is 1. The number of methoxy groups -OCH3 is 1. The highest BCUT2D eigenvalue weighted by Crippen LogP contribution is 2.28. The van der Waals surface area contributed by atoms with Crippen molar-refractivity contribution < 1.29 is 55.7 Å². The third kappa shape index (κ3) is 9.16. The van der Waals surface area contributed by atoms with Crippen LogP contribution in [0.15, 0.2) is 73.2 Å². The first kappa shape index (κ1) is 35.3. The SMILES string of the molecule is COc1ccc(-c2cccc3nc(C4CN(C(=O)c5ccncc5)CCN4C)cn23)cc1.O=C(O)C(F)(F)F.O=C(O)C(F)(F)F. The fourth-order valence-corrected chi connectivity index (χ4v) is 4.24. The Kier molecular flexibility index (Phi) is 11.3. The number of aliphatic carboxylic acids is 2. The molecule has 0 aliphatic carbocycles. The Morgan fingerprint density at radius 1 is 0.870 bits per heavy atom. The molecule has 4 heterocycles. The zero-order valence-corrected chi connectivity index (χ0v) is 24.2. The van der Waals surface area contributed by atoms with Crippen LogP contribution in [0.3, 0.4) is 0 Å². The summed E-state index contributed by atoms with van der Waals surface area (Å²) < 4.78 is 70.9. The van der Waals surface area contributed by atoms with E-state index in [9.17, 15) is 31.1 Å². The number of fused-ring (bicyclic) bond motifs is 1. The van der Waals surface area contributed by atoms with Crippen LogP contribution in [0.5, 0.6) is 5.75 Å². The van der Waals surface area contributed by atoms with Crippen LogP contribution < -0.4 is 4.74 Å². The van der Waals surface area contributed by atoms with Gasteiger partial charge < -0.3 is 19.8 Å². The Bertz CT molecular complexity index is 1620. The Balaban J connectivity index is 0.000000345. The van der Waals surface area contributed by atoms with Gasteiger partial charge in [-0.25, -0.2) is 14.6 Å². The van der Waals surface area contributed by atoms with Crippen molar-refractivity contribution in [2.75, 3.05) is 33.8 Å². The van der Waals surface area contributed by atoms with Crippen molar-refractivity contribution in [3.8, 4) is 17.0 Å². The lowest BCUT2D eigenvalue weighted by Gasteiger charge is -2.38. The average Bonchev–Trinajstić information content (AvgIpc) is 3.45. The summed E-state index contributed by atoms with van der Waals surface area (Å²) in [6.45, 7) is 2.08. The van der Waals surface area contributed by atoms with E-state index in [0.717, 1.165) is 34.9 Å². The molecular weight excluding hydrogens is 628 g/mol. The summed E-state index contributed by atoms with van der Waals surface area (Å²) in [5.41, 5.74) is 4.67. The lowest BCUT2D eigenvalue weighted by molar-refractivity contribution is -0.193. The highest BCUT2D eigenvalue weighted by Gasteiger charge is 2.39. The number of carboxylic acid groups (broad SMARTS) is 2. The monoisotopic (exact) mass is 655 g/mol. The number of hydrogen-bond acceptors (Lipinski definition) is 7. The highest BCUT2D eigenvalue weighted by molar-refractivity contribution is 5.94. The third-order valence-corrected chi connectivity index (χ3v) is 6.59. The Morgan fingerprint density at radius 2 is 1.43 bits per heavy atom. The summed E-state index contributed by atoms with van der Waals surface area (Å²) in [5.74, 6) is -4.65. The fourth-order valence-electron chi connectivity index (χ4n) is 4.24. The van der Waals surface area contributed by atoms with E-state index in [0.29, 0.717) is 18.7 Å². The minimum atomic E-state index is -5.08. The molecule has 1 fully saturated rings. The Morgan fingerprint density at radius 3 is 1.96 bits per heavy atom. The fraction of sp³-hybridized carbons (Fsp3) is 0.276. The molecule has 3 aromatic heterocycles. The molecule has 17 heteroatoms. The van der Waals surface area contributed by atoms with Crippen molar-refractivity contribution in [1.29, 1.82) is 0 Å². The standard InChI is InChI=1S/C25H25N5O2.2C2HF3O2/c1-28-14-15-29(25(31)19-10-12-26-13-11-19)17-23(28)21-16-30-22(4-3-5-24(30)27-21)18-6-8-20(32-2)9-7-18;2*3-2(4,5)1(6)7/h3-13,16,23H,14-15,17H2,1-2H3;2*(H,6,7). The summed E-state index contributed by atoms with van der Waals surface area (Å²) in [6, 6.07) is 17.7. The normalized spacial score (nSPS) is 15.2. The molecule has 4 aromatic rings. The number of carboxylic acids is 2. The van der Waals surface area contributed by atoms with Crippen molar-refractivity contribution in [2.24, 2.45) is 0 Å². The molecule has 0 saturated carbocycles. The van der Waals surface area contributed by atoms with E-state index in [-0.39, 0.29) is 11.9 Å². The second-order valence-electron chi connectivity index (χ2n) is 9.62. The number of halogens is 6. The largest absolute Gasteiger partial charge is 0.497 e. The number of aromatic nitrogens is 3. The maximum Gasteiger partial charge on any atom is 0.490 e. The smallest absolute Gasteiger partial charge is 0.490 e. The summed E-state index contributed by atoms with van der Waals surface area (Å²) in [4.78, 5) is 43.9. The molecule has 1 atom stereocenters. The predicted molar refractivity (Wildman–Crippen MR) is 150 cm³/mol. The molecule has 1 aliphatic heterocycles. The number of rotatable bonds is 4. The van der Waals surface area contributed by atoms with Gasteiger partial charge in [0.15, 0.2) is 0 Å². The van der Waals surface area contributed by atoms with Gasteiger partial charge in [0.05, 0.1) is 24.5 Å². The molecule has 46 heavy (non-hydrogen) atoms. The van der Waals surface area contributed by atoms with Crippen LogP contribution in [-0.4, -0.2) is 98.4 Å². The van der Waals surface area contributed by atoms with Gasteiger partial charge in [-0.15, -0.1) is 0 Å². The van der Waals surface area contributed by atoms with E-state index in [2.05, 4.69) is 45.7 Å². The van der Waals surface area contributed by atoms with Crippen LogP contribution in [0.4, 0.5) is 26.3 Å². The zero-order valence-electron chi connectivity index (χ0n) is 24.2. The number of benzene rings is 1. The third-order valence-electron chi connectivity index (χ3n) is 6.59. The Hall–Kier alpha value is -5.19. The van der Waals surface area contributed by atoms with Crippen molar-refractivity contribution in [3.63, 3.8) is 0 Å². The minimum Gasteiger partial charge on any atom is -0.497 e. The number of alkyl halides is 6. The first-order valence-corrected chi connectivity index (χ1v) is 13.1. The van der Waals surface area contributed by atoms with E-state index in [1.807, 2.05) is 29.2 Å². The number of nitrogens with zero attached hydrogens (tertiary/aromatic N) is 5. The quantitative estimate of drug-likeness (QED) is 0.297. The van der Waals surface area contributed by atoms with Gasteiger partial charge in [-0.3, -0.25) is 19.1 Å². The summed E-state index contributed by atoms with van der Waals surface area (Å²) in [6.07, 6.45) is -4.76. The first-order chi connectivity index (χ1) is 21.5. The first-order valence-electron chi connectivity index (χ1n) is 13.1. The lowest BCUT2D eigenvalue weighted by Crippen LogP contribution is -2.49. The topological polar surface area (TPSA) is 138 Å². The van der Waals surface area contributed by atoms with Gasteiger partial charge in [-0.2, -0.15) is 26.3 Å². The second-order valence-corrected chi connectivity index (χ2v) is 9.62. The highest BCUT2D eigenvalue weighted by atomic mass is 19.4. The van der Waals surface area contributed by atoms with Crippen LogP contribution in [0.2, 0.25) is 0 Å². The number of likely N-dealkylation sites (N-methyl/N-ethyl adjacent to an activating group) is 1. The van der Waals surface area contributed by atoms with Gasteiger partial charge in [-0.05, 0) is 61.1 Å². The molecule has 246 valence electrons. The maximum absolute atomic E-state index is 13.0. The molecule has 11 nitrogen and oxygen atoms in total. The van der Waals surface area contributed by atoms with E-state index < -0.39 is 24.3 Å². The number of imidazole rings is 1. The van der Waals surface area contributed by atoms with Crippen molar-refractivity contribution >= 4 is 23.5 Å². The van der Waals surface area contributed by atoms with Gasteiger partial charge in [0.25, 0.3) is 5.91 Å². The van der Waals surface area contributed by atoms with Gasteiger partial charge >= 0.3 is 24.3 Å². The number of hydrogen-bond donors (Lipinski definition) is 2. The summed E-state index contributed by atoms with van der Waals surface area (Å²) >= 11 is 0. The number of carbonyl (C=O) groups excluding carboxylic acids is 1. The number of carbonyl (C=O) groups is 3. The zero-order chi connectivity index (χ0) is 34.2. The van der Waals surface area contributed by atoms with Crippen LogP contribution in [0.25, 0.3) is 16.9 Å². The molecule has 1 amide bonds. The van der Waals surface area contributed by atoms with E-state index >= 15 is 0 Å². The minimum absolute atomic E-state index is 0.0261. The van der Waals surface area contributed by atoms with E-state index in [1.165, 1.54) is 0 Å². The molecule has 1 unspecified atom stereocenters. The number of amides is 1. The maximum atomic E-state index is 13.0. The molecule has 1 aromatic carbocycles. The summed E-state index contributed by atoms with van der Waals surface area (Å²) in [7, 11) is 3.76. The van der Waals surface area contributed by atoms with Gasteiger partial charge in [0.1, 0.15) is 11.4 Å². The van der Waals surface area contributed by atoms with Crippen molar-refractivity contribution in [1.82, 2.24) is 24.2 Å². The van der Waals surface area contributed by atoms with Crippen LogP contribution in [0.1, 0.15) is 22.1 Å². The van der Waals surface area contributed by atoms with E-state index in [1.54, 1.807) is 31.6 Å². The average molecular weight is 656 g/mol. The van der Waals surface area contributed by atoms with Gasteiger partial charge in [0.2, 0.25) is 0 Å². The molecular formula is C29H27F6N5O6. The predicted octanol–water partition coefficient (Wildman–Crippen LogP) is 4.80. The Labute approximate surface area is 257 Å². The molecule has 1 aliphatic rings. The number of ether oxygens (including phenoxy) is 1. The van der Waals surface area contributed by atoms with Gasteiger partial charge in [-0.1, -0.05) is 6.07 Å². The van der Waals surface area contributed by atoms with Crippen molar-refractivity contribution in [2.45, 2.75) is 18.4 Å². The number of pyridine rings is 2. The molecule has 5 rings (SSSR count). The van der Waals surface area contributed by atoms with Crippen LogP contribution in [0, 0.1) is 0 Å². The molecule has 1 saturated heterocycles. The van der Waals surface area contributed by atoms with Crippen LogP contribution in [-0.2, 0) is 9.59 Å². The lowest BCUT2D eigenvalue weighted by atomic mass is 10.1. The summed E-state index contributed by atoms with van der Waals surface area (Å²) in [5, 5.41) is 14.2. The molecule has 0 bridgehead atoms. The second kappa shape index (κ2) is 14.7. The van der Waals surface area contributed by atoms with Gasteiger partial charge in [0, 0.05) is 43.8 Å². The van der Waals surface area contributed by atoms with Crippen molar-refractivity contribution in [3.05, 3.63) is 84.4 Å². The molecule has 0 spiro atoms. The molecule has 0 radical (unpaired) electrons.